The number of aliphatic hydroxyl groups is 1. The predicted molar refractivity (Wildman–Crippen MR) is 192 cm³/mol. The number of unbranched alkanes of at least 4 members (excludes halogenated alkanes) is 1. The van der Waals surface area contributed by atoms with Gasteiger partial charge in [-0.25, -0.2) is 9.78 Å². The van der Waals surface area contributed by atoms with Crippen LogP contribution < -0.4 is 15.4 Å². The molecule has 49 heavy (non-hydrogen) atoms. The number of ether oxygens (including phenoxy) is 2. The highest BCUT2D eigenvalue weighted by atomic mass is 35.5. The van der Waals surface area contributed by atoms with Crippen molar-refractivity contribution in [1.82, 2.24) is 25.2 Å². The summed E-state index contributed by atoms with van der Waals surface area (Å²) in [7, 11) is 1.38. The Balaban J connectivity index is 1.48. The number of hydrogen-bond donors (Lipinski definition) is 4. The standard InChI is InChI=1S/C38H44ClN5O5/c1-5-6-14-34-43-37(39)36(44(34)21-25-15-17-26(18-16-25)28-10-7-8-11-29(28)38(47)48-4)35(41-23-45)32-19-30-31(42-32)12-9-13-33(30)49-22-27(46)20-40-24(2)3/h7-13,15-19,23-24,27,35,40,42,46H,5-6,14,20-22H2,1-4H3,(H,41,45). The van der Waals surface area contributed by atoms with Crippen LogP contribution in [0, 0.1) is 0 Å². The lowest BCUT2D eigenvalue weighted by Gasteiger charge is -2.20. The van der Waals surface area contributed by atoms with Crippen molar-refractivity contribution in [3.63, 3.8) is 0 Å². The van der Waals surface area contributed by atoms with Gasteiger partial charge in [0, 0.05) is 42.1 Å². The minimum atomic E-state index is -0.674. The van der Waals surface area contributed by atoms with Crippen LogP contribution in [0.4, 0.5) is 0 Å². The molecule has 11 heteroatoms. The molecule has 2 atom stereocenters. The zero-order chi connectivity index (χ0) is 34.9. The fraction of sp³-hybridized carbons (Fsp3) is 0.342. The minimum Gasteiger partial charge on any atom is -0.490 e. The summed E-state index contributed by atoms with van der Waals surface area (Å²) >= 11 is 6.90. The molecule has 2 unspecified atom stereocenters. The SMILES string of the molecule is CCCCc1nc(Cl)c(C(NC=O)c2cc3c(OCC(O)CNC(C)C)cccc3[nH]2)n1Cc1ccc(-c2ccccc2C(=O)OC)cc1. The molecule has 0 radical (unpaired) electrons. The third-order valence-electron chi connectivity index (χ3n) is 8.39. The Bertz CT molecular complexity index is 1870. The number of rotatable bonds is 17. The molecule has 5 aromatic rings. The second-order valence-corrected chi connectivity index (χ2v) is 12.7. The number of halogens is 1. The van der Waals surface area contributed by atoms with E-state index in [1.165, 1.54) is 7.11 Å². The second-order valence-electron chi connectivity index (χ2n) is 12.3. The van der Waals surface area contributed by atoms with Crippen LogP contribution in [0.3, 0.4) is 0 Å². The number of nitrogens with one attached hydrogen (secondary N) is 3. The monoisotopic (exact) mass is 685 g/mol. The molecule has 0 saturated carbocycles. The number of amides is 1. The van der Waals surface area contributed by atoms with Gasteiger partial charge in [0.1, 0.15) is 30.3 Å². The Labute approximate surface area is 291 Å². The Kier molecular flexibility index (Phi) is 12.1. The molecule has 3 aromatic carbocycles. The van der Waals surface area contributed by atoms with Crippen LogP contribution >= 0.6 is 11.6 Å². The summed E-state index contributed by atoms with van der Waals surface area (Å²) in [6, 6.07) is 22.6. The maximum Gasteiger partial charge on any atom is 0.338 e. The number of aliphatic hydroxyl groups excluding tert-OH is 1. The molecule has 0 aliphatic rings. The lowest BCUT2D eigenvalue weighted by atomic mass is 9.98. The topological polar surface area (TPSA) is 130 Å². The van der Waals surface area contributed by atoms with Gasteiger partial charge in [-0.2, -0.15) is 0 Å². The van der Waals surface area contributed by atoms with E-state index in [1.807, 2.05) is 80.6 Å². The van der Waals surface area contributed by atoms with E-state index < -0.39 is 12.1 Å². The highest BCUT2D eigenvalue weighted by molar-refractivity contribution is 6.30. The summed E-state index contributed by atoms with van der Waals surface area (Å²) in [6.45, 7) is 7.18. The maximum atomic E-state index is 12.4. The number of carbonyl (C=O) groups is 2. The van der Waals surface area contributed by atoms with Gasteiger partial charge in [0.25, 0.3) is 0 Å². The van der Waals surface area contributed by atoms with Gasteiger partial charge in [-0.1, -0.05) is 87.3 Å². The number of esters is 1. The van der Waals surface area contributed by atoms with Crippen molar-refractivity contribution < 1.29 is 24.2 Å². The molecule has 258 valence electrons. The van der Waals surface area contributed by atoms with Crippen molar-refractivity contribution in [2.75, 3.05) is 20.3 Å². The van der Waals surface area contributed by atoms with Gasteiger partial charge in [0.2, 0.25) is 6.41 Å². The molecule has 4 N–H and O–H groups in total. The van der Waals surface area contributed by atoms with Crippen molar-refractivity contribution >= 4 is 34.9 Å². The number of hydrogen-bond acceptors (Lipinski definition) is 7. The molecule has 0 spiro atoms. The molecule has 2 aromatic heterocycles. The van der Waals surface area contributed by atoms with Crippen molar-refractivity contribution in [3.05, 3.63) is 106 Å². The highest BCUT2D eigenvalue weighted by Crippen LogP contribution is 2.35. The van der Waals surface area contributed by atoms with Crippen LogP contribution in [-0.2, 0) is 22.5 Å². The minimum absolute atomic E-state index is 0.127. The van der Waals surface area contributed by atoms with E-state index in [2.05, 4.69) is 27.1 Å². The number of imidazole rings is 1. The van der Waals surface area contributed by atoms with Crippen molar-refractivity contribution in [2.45, 2.75) is 64.8 Å². The zero-order valence-electron chi connectivity index (χ0n) is 28.3. The summed E-state index contributed by atoms with van der Waals surface area (Å²) < 4.78 is 13.1. The fourth-order valence-electron chi connectivity index (χ4n) is 5.88. The number of aromatic amines is 1. The van der Waals surface area contributed by atoms with Crippen LogP contribution in [0.25, 0.3) is 22.0 Å². The van der Waals surface area contributed by atoms with Gasteiger partial charge < -0.3 is 34.8 Å². The second kappa shape index (κ2) is 16.6. The van der Waals surface area contributed by atoms with Gasteiger partial charge in [-0.15, -0.1) is 0 Å². The Hall–Kier alpha value is -4.64. The summed E-state index contributed by atoms with van der Waals surface area (Å²) in [5, 5.41) is 17.7. The van der Waals surface area contributed by atoms with Gasteiger partial charge in [-0.3, -0.25) is 4.79 Å². The molecule has 10 nitrogen and oxygen atoms in total. The van der Waals surface area contributed by atoms with E-state index in [9.17, 15) is 14.7 Å². The summed E-state index contributed by atoms with van der Waals surface area (Å²) in [5.74, 6) is 1.05. The van der Waals surface area contributed by atoms with Crippen LogP contribution in [-0.4, -0.2) is 64.4 Å². The van der Waals surface area contributed by atoms with E-state index in [1.54, 1.807) is 6.07 Å². The third-order valence-corrected chi connectivity index (χ3v) is 8.67. The molecule has 0 aliphatic carbocycles. The van der Waals surface area contributed by atoms with Gasteiger partial charge >= 0.3 is 5.97 Å². The van der Waals surface area contributed by atoms with Crippen molar-refractivity contribution in [1.29, 1.82) is 0 Å². The first kappa shape index (κ1) is 35.7. The summed E-state index contributed by atoms with van der Waals surface area (Å²) in [4.78, 5) is 32.7. The molecule has 0 bridgehead atoms. The Morgan fingerprint density at radius 1 is 1.10 bits per heavy atom. The fourth-order valence-corrected chi connectivity index (χ4v) is 6.19. The molecule has 2 heterocycles. The van der Waals surface area contributed by atoms with Crippen LogP contribution in [0.2, 0.25) is 5.15 Å². The number of methoxy groups -OCH3 is 1. The molecule has 0 saturated heterocycles. The van der Waals surface area contributed by atoms with Crippen LogP contribution in [0.1, 0.15) is 72.8 Å². The average molecular weight is 686 g/mol. The predicted octanol–water partition coefficient (Wildman–Crippen LogP) is 6.44. The van der Waals surface area contributed by atoms with E-state index in [0.717, 1.165) is 46.3 Å². The van der Waals surface area contributed by atoms with E-state index in [4.69, 9.17) is 26.1 Å². The lowest BCUT2D eigenvalue weighted by molar-refractivity contribution is -0.110. The molecular weight excluding hydrogens is 642 g/mol. The van der Waals surface area contributed by atoms with E-state index in [0.29, 0.717) is 53.8 Å². The number of H-pyrrole nitrogens is 1. The van der Waals surface area contributed by atoms with Gasteiger partial charge in [0.05, 0.1) is 18.4 Å². The molecule has 1 amide bonds. The van der Waals surface area contributed by atoms with E-state index >= 15 is 0 Å². The van der Waals surface area contributed by atoms with E-state index in [-0.39, 0.29) is 18.6 Å². The number of carbonyl (C=O) groups excluding carboxylic acids is 2. The van der Waals surface area contributed by atoms with Crippen molar-refractivity contribution in [3.8, 4) is 16.9 Å². The quantitative estimate of drug-likeness (QED) is 0.0655. The smallest absolute Gasteiger partial charge is 0.338 e. The first-order chi connectivity index (χ1) is 23.7. The molecule has 5 rings (SSSR count). The van der Waals surface area contributed by atoms with Gasteiger partial charge in [0.15, 0.2) is 5.15 Å². The van der Waals surface area contributed by atoms with Crippen molar-refractivity contribution in [2.24, 2.45) is 0 Å². The highest BCUT2D eigenvalue weighted by Gasteiger charge is 2.27. The maximum absolute atomic E-state index is 12.4. The number of nitrogens with zero attached hydrogens (tertiary/aromatic N) is 2. The number of benzene rings is 3. The molecule has 0 fully saturated rings. The lowest BCUT2D eigenvalue weighted by Crippen LogP contribution is -2.35. The Morgan fingerprint density at radius 2 is 1.88 bits per heavy atom. The van der Waals surface area contributed by atoms with Gasteiger partial charge in [-0.05, 0) is 47.4 Å². The normalized spacial score (nSPS) is 12.6. The van der Waals surface area contributed by atoms with Crippen LogP contribution in [0.15, 0.2) is 72.8 Å². The first-order valence-corrected chi connectivity index (χ1v) is 17.0. The zero-order valence-corrected chi connectivity index (χ0v) is 29.1. The summed E-state index contributed by atoms with van der Waals surface area (Å²) in [5.41, 5.74) is 5.35. The molecule has 0 aliphatic heterocycles. The summed E-state index contributed by atoms with van der Waals surface area (Å²) in [6.07, 6.45) is 2.61. The van der Waals surface area contributed by atoms with Crippen LogP contribution in [0.5, 0.6) is 5.75 Å². The number of fused-ring (bicyclic) bond motifs is 1. The first-order valence-electron chi connectivity index (χ1n) is 16.6. The third kappa shape index (κ3) is 8.51. The number of aromatic nitrogens is 3. The molecular formula is C38H44ClN5O5. The number of aryl methyl sites for hydroxylation is 1. The largest absolute Gasteiger partial charge is 0.490 e. The Morgan fingerprint density at radius 3 is 2.59 bits per heavy atom. The average Bonchev–Trinajstić information content (AvgIpc) is 3.68.